The number of pyridine rings is 2. The first-order valence-electron chi connectivity index (χ1n) is 9.54. The van der Waals surface area contributed by atoms with E-state index in [-0.39, 0.29) is 6.10 Å². The summed E-state index contributed by atoms with van der Waals surface area (Å²) in [6, 6.07) is 14.2. The van der Waals surface area contributed by atoms with Crippen LogP contribution in [0.4, 0.5) is 0 Å². The van der Waals surface area contributed by atoms with E-state index in [0.29, 0.717) is 18.0 Å². The predicted molar refractivity (Wildman–Crippen MR) is 114 cm³/mol. The highest BCUT2D eigenvalue weighted by Gasteiger charge is 2.29. The smallest absolute Gasteiger partial charge is 0.259 e. The van der Waals surface area contributed by atoms with Gasteiger partial charge in [-0.1, -0.05) is 30.3 Å². The lowest BCUT2D eigenvalue weighted by atomic mass is 10.0. The number of morpholine rings is 1. The van der Waals surface area contributed by atoms with E-state index in [1.165, 1.54) is 16.9 Å². The molecule has 3 aromatic heterocycles. The second-order valence-corrected chi connectivity index (χ2v) is 8.15. The molecular formula is C22H20N4O2S. The van der Waals surface area contributed by atoms with E-state index < -0.39 is 5.91 Å². The third kappa shape index (κ3) is 3.37. The van der Waals surface area contributed by atoms with Crippen molar-refractivity contribution in [2.24, 2.45) is 5.73 Å². The summed E-state index contributed by atoms with van der Waals surface area (Å²) in [5.41, 5.74) is 8.76. The largest absolute Gasteiger partial charge is 0.371 e. The SMILES string of the molecule is NC(=O)c1sc2ncccc2c1[C@@H]1CN(Cc2cccc3cccnc23)CCO1. The van der Waals surface area contributed by atoms with Crippen molar-refractivity contribution >= 4 is 38.4 Å². The third-order valence-corrected chi connectivity index (χ3v) is 6.46. The van der Waals surface area contributed by atoms with Gasteiger partial charge in [-0.25, -0.2) is 4.98 Å². The molecule has 4 heterocycles. The van der Waals surface area contributed by atoms with E-state index in [0.717, 1.165) is 39.8 Å². The number of nitrogens with two attached hydrogens (primary N) is 1. The number of carbonyl (C=O) groups excluding carboxylic acids is 1. The summed E-state index contributed by atoms with van der Waals surface area (Å²) >= 11 is 1.34. The zero-order valence-electron chi connectivity index (χ0n) is 15.7. The highest BCUT2D eigenvalue weighted by atomic mass is 32.1. The summed E-state index contributed by atoms with van der Waals surface area (Å²) in [7, 11) is 0. The number of fused-ring (bicyclic) bond motifs is 2. The Morgan fingerprint density at radius 1 is 1.17 bits per heavy atom. The number of aromatic nitrogens is 2. The minimum Gasteiger partial charge on any atom is -0.371 e. The van der Waals surface area contributed by atoms with Gasteiger partial charge in [-0.15, -0.1) is 11.3 Å². The van der Waals surface area contributed by atoms with Crippen LogP contribution in [0.5, 0.6) is 0 Å². The number of primary amides is 1. The highest BCUT2D eigenvalue weighted by Crippen LogP contribution is 2.37. The molecule has 1 aliphatic heterocycles. The summed E-state index contributed by atoms with van der Waals surface area (Å²) in [5, 5.41) is 2.09. The first kappa shape index (κ1) is 18.2. The van der Waals surface area contributed by atoms with E-state index >= 15 is 0 Å². The van der Waals surface area contributed by atoms with Gasteiger partial charge in [0.1, 0.15) is 9.71 Å². The molecule has 1 aliphatic rings. The van der Waals surface area contributed by atoms with Crippen LogP contribution in [0.25, 0.3) is 21.1 Å². The number of hydrogen-bond acceptors (Lipinski definition) is 6. The summed E-state index contributed by atoms with van der Waals surface area (Å²) < 4.78 is 6.09. The molecule has 6 nitrogen and oxygen atoms in total. The van der Waals surface area contributed by atoms with Crippen molar-refractivity contribution in [1.82, 2.24) is 14.9 Å². The number of ether oxygens (including phenoxy) is 1. The van der Waals surface area contributed by atoms with E-state index in [1.807, 2.05) is 24.4 Å². The molecule has 0 aliphatic carbocycles. The van der Waals surface area contributed by atoms with Gasteiger partial charge >= 0.3 is 0 Å². The molecule has 1 saturated heterocycles. The van der Waals surface area contributed by atoms with Crippen LogP contribution in [0.3, 0.4) is 0 Å². The molecule has 0 radical (unpaired) electrons. The molecule has 146 valence electrons. The summed E-state index contributed by atoms with van der Waals surface area (Å²) in [6.45, 7) is 2.88. The summed E-state index contributed by atoms with van der Waals surface area (Å²) in [5.74, 6) is -0.429. The molecule has 0 spiro atoms. The third-order valence-electron chi connectivity index (χ3n) is 5.31. The number of thiophene rings is 1. The maximum absolute atomic E-state index is 12.1. The molecule has 0 saturated carbocycles. The average Bonchev–Trinajstić information content (AvgIpc) is 3.14. The number of hydrogen-bond donors (Lipinski definition) is 1. The van der Waals surface area contributed by atoms with Gasteiger partial charge in [0.05, 0.1) is 18.2 Å². The van der Waals surface area contributed by atoms with Crippen molar-refractivity contribution < 1.29 is 9.53 Å². The van der Waals surface area contributed by atoms with E-state index in [4.69, 9.17) is 10.5 Å². The Hall–Kier alpha value is -2.87. The number of amides is 1. The maximum atomic E-state index is 12.1. The zero-order valence-corrected chi connectivity index (χ0v) is 16.6. The van der Waals surface area contributed by atoms with Gasteiger partial charge in [0.2, 0.25) is 0 Å². The lowest BCUT2D eigenvalue weighted by Crippen LogP contribution is -2.38. The quantitative estimate of drug-likeness (QED) is 0.563. The molecule has 4 aromatic rings. The highest BCUT2D eigenvalue weighted by molar-refractivity contribution is 7.20. The number of carbonyl (C=O) groups is 1. The van der Waals surface area contributed by atoms with Crippen LogP contribution in [0.2, 0.25) is 0 Å². The van der Waals surface area contributed by atoms with Crippen LogP contribution < -0.4 is 5.73 Å². The molecule has 1 amide bonds. The summed E-state index contributed by atoms with van der Waals surface area (Å²) in [6.07, 6.45) is 3.35. The van der Waals surface area contributed by atoms with Crippen molar-refractivity contribution in [2.75, 3.05) is 19.7 Å². The van der Waals surface area contributed by atoms with Gasteiger partial charge in [-0.3, -0.25) is 14.7 Å². The molecule has 0 unspecified atom stereocenters. The second-order valence-electron chi connectivity index (χ2n) is 7.15. The van der Waals surface area contributed by atoms with Gasteiger partial charge in [0, 0.05) is 48.4 Å². The van der Waals surface area contributed by atoms with Crippen molar-refractivity contribution in [3.05, 3.63) is 70.9 Å². The maximum Gasteiger partial charge on any atom is 0.259 e. The Morgan fingerprint density at radius 2 is 2.00 bits per heavy atom. The minimum atomic E-state index is -0.429. The lowest BCUT2D eigenvalue weighted by Gasteiger charge is -2.33. The number of benzene rings is 1. The molecule has 29 heavy (non-hydrogen) atoms. The van der Waals surface area contributed by atoms with E-state index in [1.54, 1.807) is 6.20 Å². The van der Waals surface area contributed by atoms with Crippen molar-refractivity contribution in [1.29, 1.82) is 0 Å². The number of rotatable bonds is 4. The van der Waals surface area contributed by atoms with Gasteiger partial charge < -0.3 is 10.5 Å². The van der Waals surface area contributed by atoms with Gasteiger partial charge in [-0.2, -0.15) is 0 Å². The summed E-state index contributed by atoms with van der Waals surface area (Å²) in [4.78, 5) is 24.7. The molecule has 1 atom stereocenters. The fourth-order valence-corrected chi connectivity index (χ4v) is 5.06. The molecule has 7 heteroatoms. The Morgan fingerprint density at radius 3 is 2.90 bits per heavy atom. The van der Waals surface area contributed by atoms with Crippen LogP contribution in [0, 0.1) is 0 Å². The van der Waals surface area contributed by atoms with Gasteiger partial charge in [-0.05, 0) is 17.7 Å². The monoisotopic (exact) mass is 404 g/mol. The van der Waals surface area contributed by atoms with Gasteiger partial charge in [0.25, 0.3) is 5.91 Å². The van der Waals surface area contributed by atoms with Crippen molar-refractivity contribution in [2.45, 2.75) is 12.6 Å². The zero-order chi connectivity index (χ0) is 19.8. The molecule has 1 aromatic carbocycles. The van der Waals surface area contributed by atoms with Crippen molar-refractivity contribution in [3.63, 3.8) is 0 Å². The Balaban J connectivity index is 1.46. The van der Waals surface area contributed by atoms with Gasteiger partial charge in [0.15, 0.2) is 0 Å². The fraction of sp³-hybridized carbons (Fsp3) is 0.227. The standard InChI is InChI=1S/C22H20N4O2S/c23-21(27)20-18(16-7-3-9-25-22(16)29-20)17-13-26(10-11-28-17)12-15-5-1-4-14-6-2-8-24-19(14)15/h1-9,17H,10-13H2,(H2,23,27)/t17-/m0/s1. The predicted octanol–water partition coefficient (Wildman–Crippen LogP) is 3.52. The minimum absolute atomic E-state index is 0.216. The molecule has 2 N–H and O–H groups in total. The Kier molecular flexibility index (Phi) is 4.71. The van der Waals surface area contributed by atoms with Crippen LogP contribution in [0.1, 0.15) is 26.9 Å². The second kappa shape index (κ2) is 7.51. The van der Waals surface area contributed by atoms with Crippen LogP contribution in [-0.4, -0.2) is 40.5 Å². The first-order chi connectivity index (χ1) is 14.2. The fourth-order valence-electron chi connectivity index (χ4n) is 4.01. The normalized spacial score (nSPS) is 17.7. The van der Waals surface area contributed by atoms with E-state index in [2.05, 4.69) is 39.1 Å². The van der Waals surface area contributed by atoms with Crippen LogP contribution in [-0.2, 0) is 11.3 Å². The number of nitrogens with zero attached hydrogens (tertiary/aromatic N) is 3. The molecule has 0 bridgehead atoms. The number of para-hydroxylation sites is 1. The van der Waals surface area contributed by atoms with Crippen LogP contribution in [0.15, 0.2) is 54.9 Å². The topological polar surface area (TPSA) is 81.3 Å². The van der Waals surface area contributed by atoms with Crippen molar-refractivity contribution in [3.8, 4) is 0 Å². The first-order valence-corrected chi connectivity index (χ1v) is 10.4. The lowest BCUT2D eigenvalue weighted by molar-refractivity contribution is -0.0321. The molecular weight excluding hydrogens is 384 g/mol. The Labute approximate surface area is 171 Å². The Bertz CT molecular complexity index is 1200. The average molecular weight is 404 g/mol. The van der Waals surface area contributed by atoms with Crippen LogP contribution >= 0.6 is 11.3 Å². The molecule has 5 rings (SSSR count). The molecule has 1 fully saturated rings. The van der Waals surface area contributed by atoms with E-state index in [9.17, 15) is 4.79 Å².